The standard InChI is InChI=1S/C14H15F2N3S2/c1-6-13(21-8(3)18-6)7(2)19-12-10(15)4-9(14(17)20)5-11(12)16/h4-5,7,19H,1-3H3,(H2,17,20). The summed E-state index contributed by atoms with van der Waals surface area (Å²) in [5.74, 6) is -1.44. The Morgan fingerprint density at radius 3 is 2.33 bits per heavy atom. The first-order valence-corrected chi connectivity index (χ1v) is 7.51. The molecule has 0 saturated carbocycles. The van der Waals surface area contributed by atoms with Crippen LogP contribution in [0.3, 0.4) is 0 Å². The zero-order valence-corrected chi connectivity index (χ0v) is 13.5. The first-order chi connectivity index (χ1) is 9.79. The Morgan fingerprint density at radius 1 is 1.33 bits per heavy atom. The van der Waals surface area contributed by atoms with Crippen LogP contribution in [-0.4, -0.2) is 9.97 Å². The van der Waals surface area contributed by atoms with Gasteiger partial charge in [-0.3, -0.25) is 0 Å². The molecule has 1 aromatic carbocycles. The van der Waals surface area contributed by atoms with Gasteiger partial charge in [-0.2, -0.15) is 0 Å². The Labute approximate surface area is 131 Å². The Kier molecular flexibility index (Phi) is 4.53. The van der Waals surface area contributed by atoms with Crippen molar-refractivity contribution in [1.29, 1.82) is 0 Å². The maximum atomic E-state index is 14.0. The third kappa shape index (κ3) is 3.36. The number of anilines is 1. The molecule has 0 bridgehead atoms. The molecular weight excluding hydrogens is 312 g/mol. The van der Waals surface area contributed by atoms with E-state index in [0.29, 0.717) is 0 Å². The number of rotatable bonds is 4. The molecule has 2 aromatic rings. The average Bonchev–Trinajstić information content (AvgIpc) is 2.72. The number of hydrogen-bond acceptors (Lipinski definition) is 4. The Morgan fingerprint density at radius 2 is 1.90 bits per heavy atom. The van der Waals surface area contributed by atoms with Crippen LogP contribution in [0.2, 0.25) is 0 Å². The van der Waals surface area contributed by atoms with E-state index in [4.69, 9.17) is 18.0 Å². The highest BCUT2D eigenvalue weighted by molar-refractivity contribution is 7.80. The van der Waals surface area contributed by atoms with E-state index in [1.165, 1.54) is 11.3 Å². The molecule has 0 fully saturated rings. The summed E-state index contributed by atoms with van der Waals surface area (Å²) in [5.41, 5.74) is 6.23. The van der Waals surface area contributed by atoms with Crippen LogP contribution in [-0.2, 0) is 0 Å². The van der Waals surface area contributed by atoms with E-state index < -0.39 is 11.6 Å². The molecule has 2 rings (SSSR count). The van der Waals surface area contributed by atoms with Crippen molar-refractivity contribution in [3.8, 4) is 0 Å². The quantitative estimate of drug-likeness (QED) is 0.838. The van der Waals surface area contributed by atoms with Crippen molar-refractivity contribution < 1.29 is 8.78 Å². The van der Waals surface area contributed by atoms with Gasteiger partial charge in [-0.1, -0.05) is 12.2 Å². The minimum Gasteiger partial charge on any atom is -0.389 e. The Hall–Kier alpha value is -1.60. The van der Waals surface area contributed by atoms with Crippen LogP contribution in [0, 0.1) is 25.5 Å². The van der Waals surface area contributed by atoms with Crippen molar-refractivity contribution in [3.05, 3.63) is 44.9 Å². The van der Waals surface area contributed by atoms with E-state index in [0.717, 1.165) is 27.7 Å². The van der Waals surface area contributed by atoms with Gasteiger partial charge in [-0.15, -0.1) is 11.3 Å². The van der Waals surface area contributed by atoms with E-state index >= 15 is 0 Å². The molecule has 1 heterocycles. The number of thiocarbonyl (C=S) groups is 1. The molecule has 21 heavy (non-hydrogen) atoms. The van der Waals surface area contributed by atoms with Crippen LogP contribution >= 0.6 is 23.6 Å². The number of nitrogens with one attached hydrogen (secondary N) is 1. The molecule has 0 aliphatic rings. The summed E-state index contributed by atoms with van der Waals surface area (Å²) in [5, 5.41) is 3.77. The topological polar surface area (TPSA) is 50.9 Å². The second-order valence-electron chi connectivity index (χ2n) is 4.73. The molecule has 0 radical (unpaired) electrons. The van der Waals surface area contributed by atoms with Gasteiger partial charge in [-0.05, 0) is 32.9 Å². The molecule has 3 N–H and O–H groups in total. The minimum absolute atomic E-state index is 0.0404. The molecule has 3 nitrogen and oxygen atoms in total. The van der Waals surface area contributed by atoms with Crippen molar-refractivity contribution in [2.45, 2.75) is 26.8 Å². The Balaban J connectivity index is 2.31. The van der Waals surface area contributed by atoms with Gasteiger partial charge in [-0.25, -0.2) is 13.8 Å². The van der Waals surface area contributed by atoms with Gasteiger partial charge >= 0.3 is 0 Å². The lowest BCUT2D eigenvalue weighted by molar-refractivity contribution is 0.584. The number of nitrogens with zero attached hydrogens (tertiary/aromatic N) is 1. The lowest BCUT2D eigenvalue weighted by Gasteiger charge is -2.16. The van der Waals surface area contributed by atoms with E-state index in [1.54, 1.807) is 0 Å². The van der Waals surface area contributed by atoms with Gasteiger partial charge in [0.05, 0.1) is 16.7 Å². The summed E-state index contributed by atoms with van der Waals surface area (Å²) in [6.45, 7) is 5.60. The predicted octanol–water partition coefficient (Wildman–Crippen LogP) is 3.85. The van der Waals surface area contributed by atoms with Gasteiger partial charge in [0.15, 0.2) is 0 Å². The normalized spacial score (nSPS) is 12.2. The smallest absolute Gasteiger partial charge is 0.150 e. The van der Waals surface area contributed by atoms with Gasteiger partial charge < -0.3 is 11.1 Å². The zero-order chi connectivity index (χ0) is 15.7. The summed E-state index contributed by atoms with van der Waals surface area (Å²) in [7, 11) is 0. The van der Waals surface area contributed by atoms with E-state index in [-0.39, 0.29) is 22.3 Å². The third-order valence-corrected chi connectivity index (χ3v) is 4.51. The molecule has 1 aromatic heterocycles. The minimum atomic E-state index is -0.719. The van der Waals surface area contributed by atoms with Crippen LogP contribution in [0.1, 0.15) is 34.1 Å². The molecule has 7 heteroatoms. The summed E-state index contributed by atoms with van der Waals surface area (Å²) in [4.78, 5) is 5.22. The van der Waals surface area contributed by atoms with Crippen molar-refractivity contribution in [3.63, 3.8) is 0 Å². The molecule has 0 spiro atoms. The van der Waals surface area contributed by atoms with Gasteiger partial charge in [0.25, 0.3) is 0 Å². The number of hydrogen-bond donors (Lipinski definition) is 2. The molecule has 0 aliphatic heterocycles. The monoisotopic (exact) mass is 327 g/mol. The molecule has 0 amide bonds. The summed E-state index contributed by atoms with van der Waals surface area (Å²) in [6, 6.07) is 2.01. The zero-order valence-electron chi connectivity index (χ0n) is 11.8. The van der Waals surface area contributed by atoms with Gasteiger partial charge in [0.2, 0.25) is 0 Å². The van der Waals surface area contributed by atoms with Gasteiger partial charge in [0, 0.05) is 10.4 Å². The number of aromatic nitrogens is 1. The number of nitrogens with two attached hydrogens (primary N) is 1. The van der Waals surface area contributed by atoms with Crippen LogP contribution in [0.5, 0.6) is 0 Å². The SMILES string of the molecule is Cc1nc(C)c(C(C)Nc2c(F)cc(C(N)=S)cc2F)s1. The third-order valence-electron chi connectivity index (χ3n) is 3.02. The molecule has 1 atom stereocenters. The number of thiazole rings is 1. The highest BCUT2D eigenvalue weighted by atomic mass is 32.1. The summed E-state index contributed by atoms with van der Waals surface area (Å²) >= 11 is 6.23. The van der Waals surface area contributed by atoms with Crippen molar-refractivity contribution in [1.82, 2.24) is 4.98 Å². The van der Waals surface area contributed by atoms with Crippen LogP contribution in [0.25, 0.3) is 0 Å². The van der Waals surface area contributed by atoms with Crippen LogP contribution in [0.15, 0.2) is 12.1 Å². The molecule has 1 unspecified atom stereocenters. The second-order valence-corrected chi connectivity index (χ2v) is 6.40. The van der Waals surface area contributed by atoms with Crippen molar-refractivity contribution in [2.75, 3.05) is 5.32 Å². The highest BCUT2D eigenvalue weighted by Crippen LogP contribution is 2.30. The lowest BCUT2D eigenvalue weighted by atomic mass is 10.1. The van der Waals surface area contributed by atoms with Gasteiger partial charge in [0.1, 0.15) is 22.3 Å². The molecular formula is C14H15F2N3S2. The van der Waals surface area contributed by atoms with Crippen LogP contribution in [0.4, 0.5) is 14.5 Å². The number of halogens is 2. The fourth-order valence-electron chi connectivity index (χ4n) is 2.08. The first-order valence-electron chi connectivity index (χ1n) is 6.29. The fourth-order valence-corrected chi connectivity index (χ4v) is 3.13. The molecule has 0 aliphatic carbocycles. The first kappa shape index (κ1) is 15.8. The maximum absolute atomic E-state index is 14.0. The molecule has 112 valence electrons. The summed E-state index contributed by atoms with van der Waals surface area (Å²) < 4.78 is 28.0. The van der Waals surface area contributed by atoms with Crippen LogP contribution < -0.4 is 11.1 Å². The van der Waals surface area contributed by atoms with E-state index in [1.807, 2.05) is 20.8 Å². The average molecular weight is 327 g/mol. The van der Waals surface area contributed by atoms with E-state index in [9.17, 15) is 8.78 Å². The number of aryl methyl sites for hydroxylation is 2. The largest absolute Gasteiger partial charge is 0.389 e. The van der Waals surface area contributed by atoms with E-state index in [2.05, 4.69) is 10.3 Å². The van der Waals surface area contributed by atoms with Crippen molar-refractivity contribution in [2.24, 2.45) is 5.73 Å². The lowest BCUT2D eigenvalue weighted by Crippen LogP contribution is -2.13. The predicted molar refractivity (Wildman–Crippen MR) is 85.9 cm³/mol. The maximum Gasteiger partial charge on any atom is 0.150 e. The summed E-state index contributed by atoms with van der Waals surface area (Å²) in [6.07, 6.45) is 0. The Bertz CT molecular complexity index is 675. The number of benzene rings is 1. The fraction of sp³-hybridized carbons (Fsp3) is 0.286. The van der Waals surface area contributed by atoms with Crippen molar-refractivity contribution >= 4 is 34.2 Å². The second kappa shape index (κ2) is 6.03. The highest BCUT2D eigenvalue weighted by Gasteiger charge is 2.18. The molecule has 0 saturated heterocycles.